The van der Waals surface area contributed by atoms with E-state index >= 15 is 0 Å². The highest BCUT2D eigenvalue weighted by Crippen LogP contribution is 2.38. The number of rotatable bonds is 8. The predicted molar refractivity (Wildman–Crippen MR) is 59.3 cm³/mol. The van der Waals surface area contributed by atoms with Crippen molar-refractivity contribution in [2.45, 2.75) is 24.4 Å². The van der Waals surface area contributed by atoms with E-state index in [1.54, 1.807) is 0 Å². The van der Waals surface area contributed by atoms with E-state index in [9.17, 15) is 28.0 Å². The van der Waals surface area contributed by atoms with E-state index in [1.807, 2.05) is 0 Å². The molecule has 0 aromatic rings. The highest BCUT2D eigenvalue weighted by molar-refractivity contribution is 7.86. The zero-order valence-corrected chi connectivity index (χ0v) is 11.7. The molecule has 0 aromatic heterocycles. The molecule has 0 unspecified atom stereocenters. The van der Waals surface area contributed by atoms with Crippen molar-refractivity contribution >= 4 is 24.2 Å². The Morgan fingerprint density at radius 1 is 1.10 bits per heavy atom. The smallest absolute Gasteiger partial charge is 0.394 e. The first kappa shape index (κ1) is 20.3. The molecule has 13 nitrogen and oxygen atoms in total. The van der Waals surface area contributed by atoms with Crippen molar-refractivity contribution in [1.82, 2.24) is 0 Å². The highest BCUT2D eigenvalue weighted by atomic mass is 32.3. The SMILES string of the molecule is O=C(OS(=O)(=O)OP(=O)(O)O)[C@@H](O)[C@@H](O)[C@H](O)[C@H](O)CO. The van der Waals surface area contributed by atoms with Gasteiger partial charge < -0.3 is 39.5 Å². The summed E-state index contributed by atoms with van der Waals surface area (Å²) in [6.07, 6.45) is -9.41. The molecular formula is C6H13O13PS. The first-order valence-corrected chi connectivity index (χ1v) is 7.75. The molecule has 0 aliphatic heterocycles. The first-order valence-electron chi connectivity index (χ1n) is 4.89. The fourth-order valence-electron chi connectivity index (χ4n) is 0.946. The van der Waals surface area contributed by atoms with Crippen LogP contribution >= 0.6 is 7.82 Å². The van der Waals surface area contributed by atoms with Crippen molar-refractivity contribution < 1.29 is 61.2 Å². The average molecular weight is 356 g/mol. The fraction of sp³-hybridized carbons (Fsp3) is 0.833. The van der Waals surface area contributed by atoms with Crippen molar-refractivity contribution in [2.75, 3.05) is 6.61 Å². The van der Waals surface area contributed by atoms with Crippen LogP contribution in [-0.2, 0) is 27.9 Å². The summed E-state index contributed by atoms with van der Waals surface area (Å²) in [7, 11) is -11.1. The Morgan fingerprint density at radius 3 is 1.95 bits per heavy atom. The van der Waals surface area contributed by atoms with Crippen LogP contribution in [0.2, 0.25) is 0 Å². The van der Waals surface area contributed by atoms with E-state index in [4.69, 9.17) is 25.1 Å². The minimum absolute atomic E-state index is 1.06. The number of aliphatic hydroxyl groups excluding tert-OH is 5. The molecule has 0 aliphatic carbocycles. The van der Waals surface area contributed by atoms with Crippen molar-refractivity contribution in [1.29, 1.82) is 0 Å². The molecule has 0 aromatic carbocycles. The molecular weight excluding hydrogens is 343 g/mol. The number of carbonyl (C=O) groups excluding carboxylic acids is 1. The zero-order chi connectivity index (χ0) is 17.0. The Bertz CT molecular complexity index is 495. The Hall–Kier alpha value is -0.670. The van der Waals surface area contributed by atoms with Gasteiger partial charge in [-0.15, -0.1) is 3.97 Å². The molecule has 0 saturated carbocycles. The Labute approximate surface area is 117 Å². The fourth-order valence-corrected chi connectivity index (χ4v) is 2.32. The van der Waals surface area contributed by atoms with Gasteiger partial charge in [-0.05, 0) is 0 Å². The second kappa shape index (κ2) is 7.55. The van der Waals surface area contributed by atoms with Crippen LogP contribution in [0.3, 0.4) is 0 Å². The van der Waals surface area contributed by atoms with Crippen LogP contribution in [0.5, 0.6) is 0 Å². The quantitative estimate of drug-likeness (QED) is 0.203. The zero-order valence-electron chi connectivity index (χ0n) is 9.95. The highest BCUT2D eigenvalue weighted by Gasteiger charge is 2.38. The van der Waals surface area contributed by atoms with Gasteiger partial charge in [0.15, 0.2) is 6.10 Å². The summed E-state index contributed by atoms with van der Waals surface area (Å²) >= 11 is 0. The summed E-state index contributed by atoms with van der Waals surface area (Å²) < 4.78 is 38.5. The second-order valence-corrected chi connectivity index (χ2v) is 6.11. The van der Waals surface area contributed by atoms with E-state index in [0.717, 1.165) is 0 Å². The van der Waals surface area contributed by atoms with Gasteiger partial charge in [-0.3, -0.25) is 0 Å². The molecule has 7 N–H and O–H groups in total. The molecule has 0 aliphatic rings. The molecule has 0 spiro atoms. The first-order chi connectivity index (χ1) is 9.30. The van der Waals surface area contributed by atoms with Gasteiger partial charge >= 0.3 is 24.2 Å². The third-order valence-corrected chi connectivity index (χ3v) is 3.74. The Kier molecular flexibility index (Phi) is 7.31. The van der Waals surface area contributed by atoms with E-state index in [0.29, 0.717) is 0 Å². The normalized spacial score (nSPS) is 18.6. The van der Waals surface area contributed by atoms with Crippen LogP contribution in [0.15, 0.2) is 0 Å². The molecule has 15 heteroatoms. The number of hydrogen-bond donors (Lipinski definition) is 7. The number of phosphoric acid groups is 1. The Morgan fingerprint density at radius 2 is 1.57 bits per heavy atom. The standard InChI is InChI=1S/C6H13O13PS/c7-1-2(8)3(9)4(10)5(11)6(12)18-21(16,17)19-20(13,14)15/h2-5,7-11H,1H2,(H2,13,14,15)/t2-,3-,4+,5+/m1/s1. The molecule has 0 heterocycles. The lowest BCUT2D eigenvalue weighted by molar-refractivity contribution is -0.161. The lowest BCUT2D eigenvalue weighted by Crippen LogP contribution is -2.49. The van der Waals surface area contributed by atoms with Gasteiger partial charge in [0, 0.05) is 0 Å². The van der Waals surface area contributed by atoms with E-state index in [-0.39, 0.29) is 0 Å². The molecule has 0 radical (unpaired) electrons. The number of aliphatic hydroxyl groups is 5. The van der Waals surface area contributed by atoms with E-state index < -0.39 is 55.2 Å². The van der Waals surface area contributed by atoms with Crippen LogP contribution in [0.1, 0.15) is 0 Å². The van der Waals surface area contributed by atoms with Crippen LogP contribution in [-0.4, -0.2) is 80.7 Å². The van der Waals surface area contributed by atoms with Crippen molar-refractivity contribution in [3.8, 4) is 0 Å². The third kappa shape index (κ3) is 7.23. The number of carbonyl (C=O) groups is 1. The Balaban J connectivity index is 4.84. The van der Waals surface area contributed by atoms with Crippen LogP contribution in [0, 0.1) is 0 Å². The van der Waals surface area contributed by atoms with Gasteiger partial charge in [0.05, 0.1) is 6.61 Å². The molecule has 4 atom stereocenters. The molecule has 21 heavy (non-hydrogen) atoms. The van der Waals surface area contributed by atoms with Crippen LogP contribution in [0.25, 0.3) is 0 Å². The maximum absolute atomic E-state index is 11.1. The largest absolute Gasteiger partial charge is 0.486 e. The third-order valence-electron chi connectivity index (χ3n) is 1.87. The van der Waals surface area contributed by atoms with Crippen molar-refractivity contribution in [2.24, 2.45) is 0 Å². The molecule has 0 fully saturated rings. The van der Waals surface area contributed by atoms with Crippen LogP contribution < -0.4 is 0 Å². The summed E-state index contributed by atoms with van der Waals surface area (Å²) in [5.74, 6) is -2.15. The lowest BCUT2D eigenvalue weighted by atomic mass is 10.0. The van der Waals surface area contributed by atoms with Gasteiger partial charge in [-0.2, -0.15) is 8.42 Å². The summed E-state index contributed by atoms with van der Waals surface area (Å²) in [6.45, 7) is -1.06. The monoisotopic (exact) mass is 356 g/mol. The predicted octanol–water partition coefficient (Wildman–Crippen LogP) is -4.68. The molecule has 0 rings (SSSR count). The molecule has 0 bridgehead atoms. The van der Waals surface area contributed by atoms with Gasteiger partial charge in [0.2, 0.25) is 0 Å². The number of hydrogen-bond acceptors (Lipinski definition) is 11. The van der Waals surface area contributed by atoms with E-state index in [2.05, 4.69) is 8.15 Å². The summed E-state index contributed by atoms with van der Waals surface area (Å²) in [4.78, 5) is 27.5. The average Bonchev–Trinajstić information content (AvgIpc) is 2.31. The van der Waals surface area contributed by atoms with Gasteiger partial charge in [-0.1, -0.05) is 0 Å². The maximum atomic E-state index is 11.1. The van der Waals surface area contributed by atoms with Gasteiger partial charge in [-0.25, -0.2) is 9.36 Å². The summed E-state index contributed by atoms with van der Waals surface area (Å²) in [5.41, 5.74) is 0. The maximum Gasteiger partial charge on any atom is 0.486 e. The lowest BCUT2D eigenvalue weighted by Gasteiger charge is -2.24. The van der Waals surface area contributed by atoms with Crippen molar-refractivity contribution in [3.05, 3.63) is 0 Å². The molecule has 0 saturated heterocycles. The summed E-state index contributed by atoms with van der Waals surface area (Å²) in [5, 5.41) is 45.0. The minimum atomic E-state index is -5.57. The van der Waals surface area contributed by atoms with E-state index in [1.165, 1.54) is 0 Å². The topological polar surface area (TPSA) is 228 Å². The van der Waals surface area contributed by atoms with Gasteiger partial charge in [0.1, 0.15) is 18.3 Å². The molecule has 0 amide bonds. The summed E-state index contributed by atoms with van der Waals surface area (Å²) in [6, 6.07) is 0. The minimum Gasteiger partial charge on any atom is -0.394 e. The van der Waals surface area contributed by atoms with Crippen LogP contribution in [0.4, 0.5) is 0 Å². The van der Waals surface area contributed by atoms with Gasteiger partial charge in [0.25, 0.3) is 0 Å². The van der Waals surface area contributed by atoms with Crippen molar-refractivity contribution in [3.63, 3.8) is 0 Å². The molecule has 126 valence electrons. The second-order valence-electron chi connectivity index (χ2n) is 3.55.